The fraction of sp³-hybridized carbons (Fsp3) is 0.579. The standard InChI is InChI=1S/C19H28N2O3/c1-3-9-18(22)21(14-16-12-8-13-24-16)17(4-2)19(23)20-15-10-6-5-7-11-15/h3,8-9,12-13,15,17H,4-7,10-11,14H2,1-2H3,(H,20,23). The number of carbonyl (C=O) groups is 2. The Kier molecular flexibility index (Phi) is 7.09. The molecular formula is C19H28N2O3. The molecule has 1 aliphatic carbocycles. The monoisotopic (exact) mass is 332 g/mol. The Bertz CT molecular complexity index is 545. The van der Waals surface area contributed by atoms with Crippen LogP contribution in [0.5, 0.6) is 0 Å². The number of allylic oxidation sites excluding steroid dienone is 1. The van der Waals surface area contributed by atoms with E-state index in [2.05, 4.69) is 5.32 Å². The van der Waals surface area contributed by atoms with Crippen LogP contribution in [0.15, 0.2) is 35.0 Å². The Labute approximate surface area is 144 Å². The van der Waals surface area contributed by atoms with E-state index >= 15 is 0 Å². The van der Waals surface area contributed by atoms with E-state index in [1.54, 1.807) is 30.2 Å². The Balaban J connectivity index is 2.10. The van der Waals surface area contributed by atoms with E-state index in [4.69, 9.17) is 4.42 Å². The molecule has 0 aromatic carbocycles. The zero-order chi connectivity index (χ0) is 17.4. The largest absolute Gasteiger partial charge is 0.467 e. The van der Waals surface area contributed by atoms with Crippen LogP contribution < -0.4 is 5.32 Å². The Morgan fingerprint density at radius 2 is 2.12 bits per heavy atom. The third-order valence-corrected chi connectivity index (χ3v) is 4.52. The highest BCUT2D eigenvalue weighted by molar-refractivity contribution is 5.93. The molecule has 2 rings (SSSR count). The van der Waals surface area contributed by atoms with Crippen LogP contribution in [0.2, 0.25) is 0 Å². The molecule has 1 fully saturated rings. The van der Waals surface area contributed by atoms with E-state index in [0.29, 0.717) is 18.7 Å². The lowest BCUT2D eigenvalue weighted by Gasteiger charge is -2.31. The fourth-order valence-corrected chi connectivity index (χ4v) is 3.24. The number of furan rings is 1. The molecule has 1 unspecified atom stereocenters. The second-order valence-corrected chi connectivity index (χ2v) is 6.31. The molecule has 1 N–H and O–H groups in total. The first-order chi connectivity index (χ1) is 11.7. The molecule has 0 spiro atoms. The summed E-state index contributed by atoms with van der Waals surface area (Å²) in [4.78, 5) is 26.8. The maximum atomic E-state index is 12.8. The van der Waals surface area contributed by atoms with Gasteiger partial charge in [0.05, 0.1) is 12.8 Å². The van der Waals surface area contributed by atoms with E-state index < -0.39 is 6.04 Å². The van der Waals surface area contributed by atoms with Crippen LogP contribution in [-0.2, 0) is 16.1 Å². The van der Waals surface area contributed by atoms with Gasteiger partial charge < -0.3 is 14.6 Å². The van der Waals surface area contributed by atoms with Crippen LogP contribution in [0.1, 0.15) is 58.1 Å². The van der Waals surface area contributed by atoms with Gasteiger partial charge in [0.2, 0.25) is 11.8 Å². The number of amides is 2. The second kappa shape index (κ2) is 9.30. The molecule has 0 saturated heterocycles. The highest BCUT2D eigenvalue weighted by atomic mass is 16.3. The molecule has 1 atom stereocenters. The minimum atomic E-state index is -0.485. The molecular weight excluding hydrogens is 304 g/mol. The molecule has 132 valence electrons. The van der Waals surface area contributed by atoms with Crippen molar-refractivity contribution in [2.75, 3.05) is 0 Å². The fourth-order valence-electron chi connectivity index (χ4n) is 3.24. The summed E-state index contributed by atoms with van der Waals surface area (Å²) < 4.78 is 5.37. The second-order valence-electron chi connectivity index (χ2n) is 6.31. The zero-order valence-corrected chi connectivity index (χ0v) is 14.7. The van der Waals surface area contributed by atoms with Gasteiger partial charge in [-0.2, -0.15) is 0 Å². The van der Waals surface area contributed by atoms with Crippen molar-refractivity contribution in [1.82, 2.24) is 10.2 Å². The molecule has 0 radical (unpaired) electrons. The number of carbonyl (C=O) groups excluding carboxylic acids is 2. The van der Waals surface area contributed by atoms with Crippen molar-refractivity contribution in [3.63, 3.8) is 0 Å². The summed E-state index contributed by atoms with van der Waals surface area (Å²) >= 11 is 0. The minimum absolute atomic E-state index is 0.0613. The molecule has 0 bridgehead atoms. The molecule has 24 heavy (non-hydrogen) atoms. The molecule has 1 saturated carbocycles. The van der Waals surface area contributed by atoms with Gasteiger partial charge in [-0.15, -0.1) is 0 Å². The smallest absolute Gasteiger partial charge is 0.247 e. The van der Waals surface area contributed by atoms with Crippen molar-refractivity contribution in [2.24, 2.45) is 0 Å². The van der Waals surface area contributed by atoms with Gasteiger partial charge in [0.25, 0.3) is 0 Å². The lowest BCUT2D eigenvalue weighted by atomic mass is 9.95. The topological polar surface area (TPSA) is 62.6 Å². The quantitative estimate of drug-likeness (QED) is 0.778. The molecule has 5 nitrogen and oxygen atoms in total. The van der Waals surface area contributed by atoms with E-state index in [1.165, 1.54) is 12.5 Å². The molecule has 0 aliphatic heterocycles. The van der Waals surface area contributed by atoms with Crippen LogP contribution in [0.25, 0.3) is 0 Å². The summed E-state index contributed by atoms with van der Waals surface area (Å²) in [5.41, 5.74) is 0. The van der Waals surface area contributed by atoms with Crippen molar-refractivity contribution >= 4 is 11.8 Å². The highest BCUT2D eigenvalue weighted by Gasteiger charge is 2.29. The van der Waals surface area contributed by atoms with Crippen molar-refractivity contribution < 1.29 is 14.0 Å². The average molecular weight is 332 g/mol. The Morgan fingerprint density at radius 1 is 1.38 bits per heavy atom. The third-order valence-electron chi connectivity index (χ3n) is 4.52. The van der Waals surface area contributed by atoms with Crippen LogP contribution in [-0.4, -0.2) is 28.8 Å². The summed E-state index contributed by atoms with van der Waals surface area (Å²) in [6.45, 7) is 4.03. The lowest BCUT2D eigenvalue weighted by Crippen LogP contribution is -2.51. The van der Waals surface area contributed by atoms with E-state index in [1.807, 2.05) is 13.0 Å². The van der Waals surface area contributed by atoms with Crippen molar-refractivity contribution in [2.45, 2.75) is 71.0 Å². The van der Waals surface area contributed by atoms with Crippen LogP contribution >= 0.6 is 0 Å². The molecule has 5 heteroatoms. The summed E-state index contributed by atoms with van der Waals surface area (Å²) in [6.07, 6.45) is 11.0. The highest BCUT2D eigenvalue weighted by Crippen LogP contribution is 2.19. The van der Waals surface area contributed by atoms with Gasteiger partial charge in [0, 0.05) is 6.04 Å². The van der Waals surface area contributed by atoms with E-state index in [9.17, 15) is 9.59 Å². The number of nitrogens with zero attached hydrogens (tertiary/aromatic N) is 1. The van der Waals surface area contributed by atoms with Crippen molar-refractivity contribution in [3.8, 4) is 0 Å². The van der Waals surface area contributed by atoms with Gasteiger partial charge in [-0.25, -0.2) is 0 Å². The molecule has 1 aliphatic rings. The van der Waals surface area contributed by atoms with Crippen LogP contribution in [0.4, 0.5) is 0 Å². The predicted octanol–water partition coefficient (Wildman–Crippen LogP) is 3.41. The number of nitrogens with one attached hydrogen (secondary N) is 1. The first-order valence-corrected chi connectivity index (χ1v) is 8.91. The summed E-state index contributed by atoms with van der Waals surface area (Å²) in [6, 6.07) is 3.36. The number of hydrogen-bond acceptors (Lipinski definition) is 3. The summed E-state index contributed by atoms with van der Waals surface area (Å²) in [5, 5.41) is 3.14. The van der Waals surface area contributed by atoms with Gasteiger partial charge in [0.15, 0.2) is 0 Å². The molecule has 1 aromatic rings. The summed E-state index contributed by atoms with van der Waals surface area (Å²) in [7, 11) is 0. The lowest BCUT2D eigenvalue weighted by molar-refractivity contribution is -0.138. The van der Waals surface area contributed by atoms with Gasteiger partial charge in [-0.3, -0.25) is 9.59 Å². The maximum absolute atomic E-state index is 12.8. The normalized spacial score (nSPS) is 16.9. The van der Waals surface area contributed by atoms with Gasteiger partial charge in [-0.05, 0) is 44.4 Å². The number of hydrogen-bond donors (Lipinski definition) is 1. The van der Waals surface area contributed by atoms with Crippen LogP contribution in [0, 0.1) is 0 Å². The average Bonchev–Trinajstić information content (AvgIpc) is 3.09. The minimum Gasteiger partial charge on any atom is -0.467 e. The van der Waals surface area contributed by atoms with Crippen molar-refractivity contribution in [1.29, 1.82) is 0 Å². The van der Waals surface area contributed by atoms with Crippen LogP contribution in [0.3, 0.4) is 0 Å². The summed E-state index contributed by atoms with van der Waals surface area (Å²) in [5.74, 6) is 0.449. The van der Waals surface area contributed by atoms with Gasteiger partial charge in [-0.1, -0.05) is 32.3 Å². The molecule has 1 heterocycles. The maximum Gasteiger partial charge on any atom is 0.247 e. The Hall–Kier alpha value is -2.04. The van der Waals surface area contributed by atoms with E-state index in [-0.39, 0.29) is 17.9 Å². The molecule has 1 aromatic heterocycles. The van der Waals surface area contributed by atoms with E-state index in [0.717, 1.165) is 25.7 Å². The third kappa shape index (κ3) is 4.98. The zero-order valence-electron chi connectivity index (χ0n) is 14.7. The van der Waals surface area contributed by atoms with Crippen molar-refractivity contribution in [3.05, 3.63) is 36.3 Å². The predicted molar refractivity (Wildman–Crippen MR) is 93.2 cm³/mol. The van der Waals surface area contributed by atoms with Gasteiger partial charge >= 0.3 is 0 Å². The first kappa shape index (κ1) is 18.3. The SMILES string of the molecule is CC=CC(=O)N(Cc1ccco1)C(CC)C(=O)NC1CCCCC1. The molecule has 2 amide bonds. The van der Waals surface area contributed by atoms with Gasteiger partial charge in [0.1, 0.15) is 11.8 Å². The number of rotatable bonds is 7. The Morgan fingerprint density at radius 3 is 2.71 bits per heavy atom. The first-order valence-electron chi connectivity index (χ1n) is 8.91.